The third-order valence-corrected chi connectivity index (χ3v) is 3.94. The predicted octanol–water partition coefficient (Wildman–Crippen LogP) is 2.15. The van der Waals surface area contributed by atoms with Crippen LogP contribution in [-0.4, -0.2) is 29.9 Å². The van der Waals surface area contributed by atoms with Crippen LogP contribution in [0, 0.1) is 23.6 Å². The number of nitrogens with two attached hydrogens (primary N) is 1. The standard InChI is InChI=1S/C17H19FN2O/c18-14-6-5-13(2-1-9-19)16(10-14)17(21)20(15-7-8-15)11-12-3-4-12/h5-6,10,12,15H,3-4,7-9,11,19H2. The summed E-state index contributed by atoms with van der Waals surface area (Å²) in [6.07, 6.45) is 4.49. The van der Waals surface area contributed by atoms with Gasteiger partial charge >= 0.3 is 0 Å². The van der Waals surface area contributed by atoms with Gasteiger partial charge in [0.2, 0.25) is 0 Å². The molecule has 0 spiro atoms. The average molecular weight is 286 g/mol. The van der Waals surface area contributed by atoms with Crippen molar-refractivity contribution < 1.29 is 9.18 Å². The van der Waals surface area contributed by atoms with Gasteiger partial charge in [-0.3, -0.25) is 4.79 Å². The van der Waals surface area contributed by atoms with E-state index in [2.05, 4.69) is 11.8 Å². The van der Waals surface area contributed by atoms with E-state index in [1.54, 1.807) is 6.07 Å². The molecule has 0 atom stereocenters. The summed E-state index contributed by atoms with van der Waals surface area (Å²) in [4.78, 5) is 14.7. The zero-order valence-electron chi connectivity index (χ0n) is 11.9. The van der Waals surface area contributed by atoms with Crippen LogP contribution < -0.4 is 5.73 Å². The summed E-state index contributed by atoms with van der Waals surface area (Å²) in [5.74, 6) is 5.75. The Labute approximate surface area is 124 Å². The molecule has 110 valence electrons. The van der Waals surface area contributed by atoms with Crippen molar-refractivity contribution in [2.75, 3.05) is 13.1 Å². The van der Waals surface area contributed by atoms with Gasteiger partial charge in [-0.1, -0.05) is 11.8 Å². The molecule has 0 saturated heterocycles. The van der Waals surface area contributed by atoms with Gasteiger partial charge in [0.1, 0.15) is 5.82 Å². The molecule has 2 N–H and O–H groups in total. The van der Waals surface area contributed by atoms with Crippen LogP contribution in [0.5, 0.6) is 0 Å². The number of amides is 1. The molecule has 2 saturated carbocycles. The fourth-order valence-corrected chi connectivity index (χ4v) is 2.47. The largest absolute Gasteiger partial charge is 0.335 e. The van der Waals surface area contributed by atoms with Gasteiger partial charge in [-0.2, -0.15) is 0 Å². The van der Waals surface area contributed by atoms with Gasteiger partial charge in [0.25, 0.3) is 5.91 Å². The monoisotopic (exact) mass is 286 g/mol. The lowest BCUT2D eigenvalue weighted by molar-refractivity contribution is 0.0734. The highest BCUT2D eigenvalue weighted by Gasteiger charge is 2.37. The van der Waals surface area contributed by atoms with Gasteiger partial charge in [-0.05, 0) is 49.8 Å². The fraction of sp³-hybridized carbons (Fsp3) is 0.471. The Kier molecular flexibility index (Phi) is 3.94. The van der Waals surface area contributed by atoms with E-state index in [9.17, 15) is 9.18 Å². The topological polar surface area (TPSA) is 46.3 Å². The van der Waals surface area contributed by atoms with Crippen molar-refractivity contribution in [2.24, 2.45) is 11.7 Å². The van der Waals surface area contributed by atoms with Crippen LogP contribution in [-0.2, 0) is 0 Å². The summed E-state index contributed by atoms with van der Waals surface area (Å²) in [6, 6.07) is 4.52. The smallest absolute Gasteiger partial charge is 0.255 e. The second kappa shape index (κ2) is 5.87. The molecular formula is C17H19FN2O. The van der Waals surface area contributed by atoms with E-state index in [1.165, 1.54) is 25.0 Å². The van der Waals surface area contributed by atoms with Crippen LogP contribution in [0.15, 0.2) is 18.2 Å². The Morgan fingerprint density at radius 3 is 2.71 bits per heavy atom. The fourth-order valence-electron chi connectivity index (χ4n) is 2.47. The zero-order valence-corrected chi connectivity index (χ0v) is 11.9. The summed E-state index contributed by atoms with van der Waals surface area (Å²) >= 11 is 0. The number of carbonyl (C=O) groups is 1. The Balaban J connectivity index is 1.89. The van der Waals surface area contributed by atoms with Gasteiger partial charge in [-0.15, -0.1) is 0 Å². The third-order valence-electron chi connectivity index (χ3n) is 3.94. The van der Waals surface area contributed by atoms with Crippen molar-refractivity contribution in [2.45, 2.75) is 31.7 Å². The zero-order chi connectivity index (χ0) is 14.8. The Morgan fingerprint density at radius 2 is 2.10 bits per heavy atom. The quantitative estimate of drug-likeness (QED) is 0.862. The second-order valence-electron chi connectivity index (χ2n) is 5.83. The highest BCUT2D eigenvalue weighted by atomic mass is 19.1. The molecule has 1 aromatic carbocycles. The van der Waals surface area contributed by atoms with Crippen molar-refractivity contribution in [3.63, 3.8) is 0 Å². The number of hydrogen-bond acceptors (Lipinski definition) is 2. The van der Waals surface area contributed by atoms with Crippen LogP contribution in [0.3, 0.4) is 0 Å². The second-order valence-corrected chi connectivity index (χ2v) is 5.83. The van der Waals surface area contributed by atoms with Crippen molar-refractivity contribution in [1.82, 2.24) is 4.90 Å². The van der Waals surface area contributed by atoms with Crippen LogP contribution in [0.4, 0.5) is 4.39 Å². The number of nitrogens with zero attached hydrogens (tertiary/aromatic N) is 1. The first kappa shape index (κ1) is 14.1. The molecule has 0 aliphatic heterocycles. The number of benzene rings is 1. The highest BCUT2D eigenvalue weighted by Crippen LogP contribution is 2.35. The third kappa shape index (κ3) is 3.43. The van der Waals surface area contributed by atoms with E-state index in [4.69, 9.17) is 5.73 Å². The van der Waals surface area contributed by atoms with Crippen molar-refractivity contribution >= 4 is 5.91 Å². The predicted molar refractivity (Wildman–Crippen MR) is 79.1 cm³/mol. The summed E-state index contributed by atoms with van der Waals surface area (Å²) in [5, 5.41) is 0. The number of halogens is 1. The summed E-state index contributed by atoms with van der Waals surface area (Å²) in [5.41, 5.74) is 6.31. The Hall–Kier alpha value is -1.86. The minimum Gasteiger partial charge on any atom is -0.335 e. The van der Waals surface area contributed by atoms with Crippen LogP contribution in [0.25, 0.3) is 0 Å². The highest BCUT2D eigenvalue weighted by molar-refractivity contribution is 5.97. The molecule has 3 nitrogen and oxygen atoms in total. The molecule has 1 aromatic rings. The molecule has 0 heterocycles. The maximum atomic E-state index is 13.5. The van der Waals surface area contributed by atoms with Crippen LogP contribution in [0.1, 0.15) is 41.6 Å². The first-order valence-electron chi connectivity index (χ1n) is 7.48. The first-order valence-corrected chi connectivity index (χ1v) is 7.48. The molecule has 2 fully saturated rings. The van der Waals surface area contributed by atoms with Gasteiger partial charge in [0.15, 0.2) is 0 Å². The molecule has 0 bridgehead atoms. The Bertz CT molecular complexity index is 609. The van der Waals surface area contributed by atoms with E-state index in [1.807, 2.05) is 4.90 Å². The van der Waals surface area contributed by atoms with Gasteiger partial charge in [0.05, 0.1) is 12.1 Å². The van der Waals surface area contributed by atoms with Crippen molar-refractivity contribution in [1.29, 1.82) is 0 Å². The van der Waals surface area contributed by atoms with E-state index in [0.717, 1.165) is 19.4 Å². The van der Waals surface area contributed by atoms with Crippen LogP contribution in [0.2, 0.25) is 0 Å². The van der Waals surface area contributed by atoms with Crippen LogP contribution >= 0.6 is 0 Å². The van der Waals surface area contributed by atoms with E-state index in [-0.39, 0.29) is 12.5 Å². The molecule has 4 heteroatoms. The van der Waals surface area contributed by atoms with Crippen molar-refractivity contribution in [3.8, 4) is 11.8 Å². The molecule has 0 radical (unpaired) electrons. The number of carbonyl (C=O) groups excluding carboxylic acids is 1. The van der Waals surface area contributed by atoms with Gasteiger partial charge in [-0.25, -0.2) is 4.39 Å². The Morgan fingerprint density at radius 1 is 1.33 bits per heavy atom. The molecule has 2 aliphatic rings. The lowest BCUT2D eigenvalue weighted by Gasteiger charge is -2.23. The SMILES string of the molecule is NCC#Cc1ccc(F)cc1C(=O)N(CC1CC1)C1CC1. The minimum absolute atomic E-state index is 0.0924. The summed E-state index contributed by atoms with van der Waals surface area (Å²) in [7, 11) is 0. The molecule has 0 unspecified atom stereocenters. The summed E-state index contributed by atoms with van der Waals surface area (Å²) < 4.78 is 13.5. The van der Waals surface area contributed by atoms with E-state index in [0.29, 0.717) is 23.1 Å². The lowest BCUT2D eigenvalue weighted by atomic mass is 10.1. The average Bonchev–Trinajstić information content (AvgIpc) is 3.36. The first-order chi connectivity index (χ1) is 10.2. The molecule has 2 aliphatic carbocycles. The lowest BCUT2D eigenvalue weighted by Crippen LogP contribution is -2.35. The normalized spacial score (nSPS) is 17.0. The maximum absolute atomic E-state index is 13.5. The van der Waals surface area contributed by atoms with Gasteiger partial charge in [0, 0.05) is 18.2 Å². The maximum Gasteiger partial charge on any atom is 0.255 e. The molecular weight excluding hydrogens is 267 g/mol. The molecule has 21 heavy (non-hydrogen) atoms. The van der Waals surface area contributed by atoms with Gasteiger partial charge < -0.3 is 10.6 Å². The molecule has 1 amide bonds. The number of rotatable bonds is 4. The van der Waals surface area contributed by atoms with E-state index < -0.39 is 5.82 Å². The molecule has 0 aromatic heterocycles. The molecule has 3 rings (SSSR count). The minimum atomic E-state index is -0.404. The number of hydrogen-bond donors (Lipinski definition) is 1. The summed E-state index contributed by atoms with van der Waals surface area (Å²) in [6.45, 7) is 1.02. The van der Waals surface area contributed by atoms with Crippen molar-refractivity contribution in [3.05, 3.63) is 35.1 Å². The van der Waals surface area contributed by atoms with E-state index >= 15 is 0 Å².